The first-order valence-corrected chi connectivity index (χ1v) is 8.36. The first-order valence-electron chi connectivity index (χ1n) is 7.55. The Morgan fingerprint density at radius 2 is 2.14 bits per heavy atom. The van der Waals surface area contributed by atoms with E-state index in [1.165, 1.54) is 30.6 Å². The highest BCUT2D eigenvalue weighted by molar-refractivity contribution is 14.0. The average molecular weight is 422 g/mol. The number of rotatable bonds is 4. The topological polar surface area (TPSA) is 49.3 Å². The third-order valence-electron chi connectivity index (χ3n) is 4.12. The molecular formula is C15H27IN4S. The summed E-state index contributed by atoms with van der Waals surface area (Å²) in [6, 6.07) is 0. The Hall–Kier alpha value is -0.370. The third-order valence-corrected chi connectivity index (χ3v) is 5.03. The van der Waals surface area contributed by atoms with Crippen LogP contribution in [0.5, 0.6) is 0 Å². The molecule has 120 valence electrons. The van der Waals surface area contributed by atoms with Crippen molar-refractivity contribution in [3.8, 4) is 0 Å². The Morgan fingerprint density at radius 1 is 1.38 bits per heavy atom. The van der Waals surface area contributed by atoms with Gasteiger partial charge in [0.05, 0.1) is 6.54 Å². The van der Waals surface area contributed by atoms with Gasteiger partial charge in [0.1, 0.15) is 5.01 Å². The number of halogens is 1. The van der Waals surface area contributed by atoms with Crippen molar-refractivity contribution in [3.05, 3.63) is 16.1 Å². The minimum absolute atomic E-state index is 0. The zero-order chi connectivity index (χ0) is 14.4. The Labute approximate surface area is 149 Å². The fourth-order valence-corrected chi connectivity index (χ4v) is 3.51. The van der Waals surface area contributed by atoms with Crippen LogP contribution in [0.1, 0.15) is 42.5 Å². The largest absolute Gasteiger partial charge is 0.356 e. The van der Waals surface area contributed by atoms with Crippen molar-refractivity contribution in [3.63, 3.8) is 0 Å². The van der Waals surface area contributed by atoms with Gasteiger partial charge in [-0.2, -0.15) is 0 Å². The Kier molecular flexibility index (Phi) is 8.55. The molecule has 4 nitrogen and oxygen atoms in total. The van der Waals surface area contributed by atoms with E-state index in [1.54, 1.807) is 11.3 Å². The van der Waals surface area contributed by atoms with Crippen molar-refractivity contribution in [1.82, 2.24) is 15.6 Å². The molecule has 1 aliphatic rings. The molecule has 1 aliphatic carbocycles. The smallest absolute Gasteiger partial charge is 0.191 e. The normalized spacial score (nSPS) is 22.5. The standard InChI is InChI=1S/C15H26N4S.HI/c1-11-6-4-5-7-13(11)9-18-15(16-3)19-10-14-17-8-12(2)20-14;/h8,11,13H,4-7,9-10H2,1-3H3,(H2,16,18,19);1H. The van der Waals surface area contributed by atoms with Crippen LogP contribution < -0.4 is 10.6 Å². The number of aromatic nitrogens is 1. The maximum absolute atomic E-state index is 4.36. The third kappa shape index (κ3) is 6.10. The van der Waals surface area contributed by atoms with Crippen LogP contribution in [0, 0.1) is 18.8 Å². The summed E-state index contributed by atoms with van der Waals surface area (Å²) >= 11 is 1.73. The van der Waals surface area contributed by atoms with E-state index >= 15 is 0 Å². The fourth-order valence-electron chi connectivity index (χ4n) is 2.79. The van der Waals surface area contributed by atoms with Gasteiger partial charge < -0.3 is 10.6 Å². The van der Waals surface area contributed by atoms with E-state index < -0.39 is 0 Å². The number of guanidine groups is 1. The van der Waals surface area contributed by atoms with Crippen molar-refractivity contribution in [2.75, 3.05) is 13.6 Å². The summed E-state index contributed by atoms with van der Waals surface area (Å²) in [5.41, 5.74) is 0. The number of nitrogens with zero attached hydrogens (tertiary/aromatic N) is 2. The highest BCUT2D eigenvalue weighted by atomic mass is 127. The van der Waals surface area contributed by atoms with Gasteiger partial charge in [-0.25, -0.2) is 4.98 Å². The van der Waals surface area contributed by atoms with E-state index in [4.69, 9.17) is 0 Å². The van der Waals surface area contributed by atoms with Crippen LogP contribution in [0.25, 0.3) is 0 Å². The van der Waals surface area contributed by atoms with Crippen molar-refractivity contribution < 1.29 is 0 Å². The monoisotopic (exact) mass is 422 g/mol. The molecule has 1 saturated carbocycles. The fraction of sp³-hybridized carbons (Fsp3) is 0.733. The van der Waals surface area contributed by atoms with Gasteiger partial charge in [-0.05, 0) is 25.2 Å². The van der Waals surface area contributed by atoms with Gasteiger partial charge in [0.25, 0.3) is 0 Å². The second-order valence-corrected chi connectivity index (χ2v) is 7.01. The van der Waals surface area contributed by atoms with Crippen LogP contribution in [0.2, 0.25) is 0 Å². The van der Waals surface area contributed by atoms with Gasteiger partial charge in [0, 0.05) is 24.7 Å². The maximum atomic E-state index is 4.36. The number of nitrogens with one attached hydrogen (secondary N) is 2. The Morgan fingerprint density at radius 3 is 2.76 bits per heavy atom. The molecule has 2 unspecified atom stereocenters. The molecule has 0 radical (unpaired) electrons. The van der Waals surface area contributed by atoms with Crippen molar-refractivity contribution in [2.24, 2.45) is 16.8 Å². The molecule has 1 aromatic rings. The van der Waals surface area contributed by atoms with E-state index in [0.717, 1.165) is 35.9 Å². The van der Waals surface area contributed by atoms with Crippen LogP contribution in [0.15, 0.2) is 11.2 Å². The second-order valence-electron chi connectivity index (χ2n) is 5.69. The summed E-state index contributed by atoms with van der Waals surface area (Å²) in [7, 11) is 1.83. The molecule has 2 rings (SSSR count). The summed E-state index contributed by atoms with van der Waals surface area (Å²) in [4.78, 5) is 9.90. The second kappa shape index (κ2) is 9.61. The van der Waals surface area contributed by atoms with Gasteiger partial charge in [0.15, 0.2) is 5.96 Å². The van der Waals surface area contributed by atoms with E-state index in [9.17, 15) is 0 Å². The summed E-state index contributed by atoms with van der Waals surface area (Å²) in [5.74, 6) is 2.50. The molecule has 0 aromatic carbocycles. The quantitative estimate of drug-likeness (QED) is 0.443. The predicted molar refractivity (Wildman–Crippen MR) is 102 cm³/mol. The van der Waals surface area contributed by atoms with Gasteiger partial charge in [-0.3, -0.25) is 4.99 Å². The molecule has 0 amide bonds. The molecule has 0 spiro atoms. The summed E-state index contributed by atoms with van der Waals surface area (Å²) in [6.45, 7) is 6.23. The predicted octanol–water partition coefficient (Wildman–Crippen LogP) is 3.56. The van der Waals surface area contributed by atoms with Crippen LogP contribution in [-0.4, -0.2) is 24.5 Å². The van der Waals surface area contributed by atoms with Gasteiger partial charge in [-0.1, -0.05) is 26.2 Å². The molecule has 21 heavy (non-hydrogen) atoms. The summed E-state index contributed by atoms with van der Waals surface area (Å²) in [5, 5.41) is 7.91. The molecule has 0 saturated heterocycles. The molecule has 0 aliphatic heterocycles. The molecule has 1 aromatic heterocycles. The lowest BCUT2D eigenvalue weighted by molar-refractivity contribution is 0.256. The lowest BCUT2D eigenvalue weighted by atomic mass is 9.80. The highest BCUT2D eigenvalue weighted by Crippen LogP contribution is 2.28. The number of aryl methyl sites for hydroxylation is 1. The first-order chi connectivity index (χ1) is 9.69. The Bertz CT molecular complexity index is 447. The molecule has 6 heteroatoms. The maximum Gasteiger partial charge on any atom is 0.191 e. The van der Waals surface area contributed by atoms with Crippen LogP contribution >= 0.6 is 35.3 Å². The lowest BCUT2D eigenvalue weighted by Gasteiger charge is -2.29. The highest BCUT2D eigenvalue weighted by Gasteiger charge is 2.21. The van der Waals surface area contributed by atoms with Crippen molar-refractivity contribution in [2.45, 2.75) is 46.1 Å². The number of thiazole rings is 1. The molecular weight excluding hydrogens is 395 g/mol. The summed E-state index contributed by atoms with van der Waals surface area (Å²) in [6.07, 6.45) is 7.41. The minimum Gasteiger partial charge on any atom is -0.356 e. The van der Waals surface area contributed by atoms with Gasteiger partial charge in [0.2, 0.25) is 0 Å². The first kappa shape index (κ1) is 18.7. The SMILES string of the molecule is CN=C(NCc1ncc(C)s1)NCC1CCCCC1C.I. The zero-order valence-electron chi connectivity index (χ0n) is 13.2. The number of hydrogen-bond acceptors (Lipinski definition) is 3. The minimum atomic E-state index is 0. The molecule has 0 bridgehead atoms. The van der Waals surface area contributed by atoms with Gasteiger partial charge in [-0.15, -0.1) is 35.3 Å². The Balaban J connectivity index is 0.00000220. The van der Waals surface area contributed by atoms with Gasteiger partial charge >= 0.3 is 0 Å². The number of hydrogen-bond donors (Lipinski definition) is 2. The molecule has 2 N–H and O–H groups in total. The zero-order valence-corrected chi connectivity index (χ0v) is 16.3. The molecule has 2 atom stereocenters. The van der Waals surface area contributed by atoms with Crippen LogP contribution in [0.3, 0.4) is 0 Å². The average Bonchev–Trinajstić information content (AvgIpc) is 2.86. The number of aliphatic imine (C=N–C) groups is 1. The van der Waals surface area contributed by atoms with E-state index in [2.05, 4.69) is 34.5 Å². The van der Waals surface area contributed by atoms with Crippen LogP contribution in [0.4, 0.5) is 0 Å². The van der Waals surface area contributed by atoms with Crippen molar-refractivity contribution in [1.29, 1.82) is 0 Å². The molecule has 1 heterocycles. The van der Waals surface area contributed by atoms with E-state index in [1.807, 2.05) is 13.2 Å². The van der Waals surface area contributed by atoms with E-state index in [-0.39, 0.29) is 24.0 Å². The van der Waals surface area contributed by atoms with Crippen LogP contribution in [-0.2, 0) is 6.54 Å². The molecule has 1 fully saturated rings. The summed E-state index contributed by atoms with van der Waals surface area (Å²) < 4.78 is 0. The van der Waals surface area contributed by atoms with Crippen molar-refractivity contribution >= 4 is 41.3 Å². The lowest BCUT2D eigenvalue weighted by Crippen LogP contribution is -2.41. The van der Waals surface area contributed by atoms with E-state index in [0.29, 0.717) is 0 Å².